The van der Waals surface area contributed by atoms with Crippen molar-refractivity contribution in [1.82, 2.24) is 0 Å². The molecule has 1 nitrogen and oxygen atoms in total. The van der Waals surface area contributed by atoms with Crippen molar-refractivity contribution in [2.75, 3.05) is 0 Å². The molecule has 0 radical (unpaired) electrons. The quantitative estimate of drug-likeness (QED) is 0.765. The van der Waals surface area contributed by atoms with Gasteiger partial charge in [0, 0.05) is 17.3 Å². The molecule has 0 saturated heterocycles. The number of benzene rings is 2. The van der Waals surface area contributed by atoms with Gasteiger partial charge in [-0.15, -0.1) is 0 Å². The topological polar surface area (TPSA) is 9.23 Å². The minimum absolute atomic E-state index is 0.0131. The van der Waals surface area contributed by atoms with Crippen LogP contribution in [0.5, 0.6) is 0 Å². The van der Waals surface area contributed by atoms with Gasteiger partial charge in [-0.05, 0) is 23.3 Å². The maximum atomic E-state index is 14.7. The van der Waals surface area contributed by atoms with Gasteiger partial charge < -0.3 is 4.74 Å². The summed E-state index contributed by atoms with van der Waals surface area (Å²) in [6.45, 7) is 0.556. The van der Waals surface area contributed by atoms with E-state index >= 15 is 0 Å². The molecule has 20 heavy (non-hydrogen) atoms. The van der Waals surface area contributed by atoms with Crippen molar-refractivity contribution in [3.63, 3.8) is 0 Å². The van der Waals surface area contributed by atoms with Crippen LogP contribution in [0.2, 0.25) is 0 Å². The van der Waals surface area contributed by atoms with Gasteiger partial charge in [-0.1, -0.05) is 58.4 Å². The summed E-state index contributed by atoms with van der Waals surface area (Å²) in [5.41, 5.74) is 0.642. The predicted molar refractivity (Wildman–Crippen MR) is 81.2 cm³/mol. The standard InChI is InChI=1S/C17H16BrFO/c18-15-8-4-7-14(9-15)17(19)10-16(11-17)20-12-13-5-2-1-3-6-13/h1-9,16H,10-12H2. The van der Waals surface area contributed by atoms with E-state index in [4.69, 9.17) is 4.74 Å². The normalized spacial score (nSPS) is 25.2. The van der Waals surface area contributed by atoms with Crippen molar-refractivity contribution in [1.29, 1.82) is 0 Å². The van der Waals surface area contributed by atoms with Gasteiger partial charge in [-0.2, -0.15) is 0 Å². The van der Waals surface area contributed by atoms with Gasteiger partial charge in [0.2, 0.25) is 0 Å². The average molecular weight is 335 g/mol. The SMILES string of the molecule is FC1(c2cccc(Br)c2)CC(OCc2ccccc2)C1. The van der Waals surface area contributed by atoms with Crippen molar-refractivity contribution in [2.24, 2.45) is 0 Å². The van der Waals surface area contributed by atoms with E-state index in [1.165, 1.54) is 0 Å². The number of rotatable bonds is 4. The number of halogens is 2. The molecule has 0 N–H and O–H groups in total. The molecule has 0 aromatic heterocycles. The fraction of sp³-hybridized carbons (Fsp3) is 0.294. The Morgan fingerprint density at radius 3 is 2.55 bits per heavy atom. The largest absolute Gasteiger partial charge is 0.373 e. The van der Waals surface area contributed by atoms with Crippen LogP contribution in [-0.2, 0) is 17.0 Å². The van der Waals surface area contributed by atoms with Crippen LogP contribution >= 0.6 is 15.9 Å². The van der Waals surface area contributed by atoms with Crippen LogP contribution in [0, 0.1) is 0 Å². The fourth-order valence-corrected chi connectivity index (χ4v) is 2.97. The third-order valence-electron chi connectivity index (χ3n) is 3.77. The average Bonchev–Trinajstić information content (AvgIpc) is 2.43. The third-order valence-corrected chi connectivity index (χ3v) is 4.27. The molecule has 0 aliphatic heterocycles. The summed E-state index contributed by atoms with van der Waals surface area (Å²) < 4.78 is 21.4. The Morgan fingerprint density at radius 1 is 1.10 bits per heavy atom. The lowest BCUT2D eigenvalue weighted by atomic mass is 9.74. The summed E-state index contributed by atoms with van der Waals surface area (Å²) in [5.74, 6) is 0. The third kappa shape index (κ3) is 2.94. The Labute approximate surface area is 126 Å². The smallest absolute Gasteiger partial charge is 0.141 e. The van der Waals surface area contributed by atoms with Gasteiger partial charge in [-0.25, -0.2) is 4.39 Å². The highest BCUT2D eigenvalue weighted by Gasteiger charge is 2.46. The molecule has 104 valence electrons. The van der Waals surface area contributed by atoms with Crippen molar-refractivity contribution in [3.05, 3.63) is 70.2 Å². The van der Waals surface area contributed by atoms with Gasteiger partial charge in [0.05, 0.1) is 12.7 Å². The zero-order valence-electron chi connectivity index (χ0n) is 11.1. The number of ether oxygens (including phenoxy) is 1. The van der Waals surface area contributed by atoms with Gasteiger partial charge in [0.15, 0.2) is 0 Å². The molecule has 3 rings (SSSR count). The number of alkyl halides is 1. The zero-order chi connectivity index (χ0) is 14.0. The number of hydrogen-bond acceptors (Lipinski definition) is 1. The molecule has 2 aromatic rings. The zero-order valence-corrected chi connectivity index (χ0v) is 12.6. The van der Waals surface area contributed by atoms with E-state index in [0.29, 0.717) is 19.4 Å². The van der Waals surface area contributed by atoms with E-state index in [9.17, 15) is 4.39 Å². The van der Waals surface area contributed by atoms with Gasteiger partial charge in [0.25, 0.3) is 0 Å². The maximum Gasteiger partial charge on any atom is 0.141 e. The van der Waals surface area contributed by atoms with E-state index < -0.39 is 5.67 Å². The Bertz CT molecular complexity index is 579. The monoisotopic (exact) mass is 334 g/mol. The first-order valence-electron chi connectivity index (χ1n) is 6.76. The minimum Gasteiger partial charge on any atom is -0.373 e. The first-order chi connectivity index (χ1) is 9.66. The molecular weight excluding hydrogens is 319 g/mol. The first-order valence-corrected chi connectivity index (χ1v) is 7.55. The minimum atomic E-state index is -1.23. The highest BCUT2D eigenvalue weighted by Crippen LogP contribution is 2.47. The van der Waals surface area contributed by atoms with Gasteiger partial charge in [-0.3, -0.25) is 0 Å². The van der Waals surface area contributed by atoms with E-state index in [-0.39, 0.29) is 6.10 Å². The van der Waals surface area contributed by atoms with E-state index in [0.717, 1.165) is 15.6 Å². The molecule has 1 aliphatic carbocycles. The summed E-state index contributed by atoms with van der Waals surface area (Å²) in [4.78, 5) is 0. The van der Waals surface area contributed by atoms with Crippen LogP contribution in [0.25, 0.3) is 0 Å². The highest BCUT2D eigenvalue weighted by atomic mass is 79.9. The Hall–Kier alpha value is -1.19. The van der Waals surface area contributed by atoms with Crippen LogP contribution in [0.15, 0.2) is 59.1 Å². The Morgan fingerprint density at radius 2 is 1.85 bits per heavy atom. The second-order valence-corrected chi connectivity index (χ2v) is 6.22. The van der Waals surface area contributed by atoms with Crippen LogP contribution < -0.4 is 0 Å². The summed E-state index contributed by atoms with van der Waals surface area (Å²) >= 11 is 3.39. The molecule has 0 amide bonds. The summed E-state index contributed by atoms with van der Waals surface area (Å²) in [6.07, 6.45) is 0.895. The van der Waals surface area contributed by atoms with E-state index in [2.05, 4.69) is 15.9 Å². The van der Waals surface area contributed by atoms with Crippen LogP contribution in [0.1, 0.15) is 24.0 Å². The molecule has 0 unspecified atom stereocenters. The lowest BCUT2D eigenvalue weighted by Crippen LogP contribution is -2.42. The highest BCUT2D eigenvalue weighted by molar-refractivity contribution is 9.10. The first kappa shape index (κ1) is 13.8. The van der Waals surface area contributed by atoms with Crippen molar-refractivity contribution < 1.29 is 9.13 Å². The molecule has 3 heteroatoms. The molecule has 0 atom stereocenters. The van der Waals surface area contributed by atoms with Crippen LogP contribution in [0.4, 0.5) is 4.39 Å². The predicted octanol–water partition coefficient (Wildman–Crippen LogP) is 4.99. The molecular formula is C17H16BrFO. The summed E-state index contributed by atoms with van der Waals surface area (Å²) in [7, 11) is 0. The molecule has 1 saturated carbocycles. The number of hydrogen-bond donors (Lipinski definition) is 0. The summed E-state index contributed by atoms with van der Waals surface area (Å²) in [5, 5.41) is 0. The maximum absolute atomic E-state index is 14.7. The van der Waals surface area contributed by atoms with E-state index in [1.807, 2.05) is 54.6 Å². The molecule has 2 aromatic carbocycles. The lowest BCUT2D eigenvalue weighted by molar-refractivity contribution is -0.107. The van der Waals surface area contributed by atoms with Crippen molar-refractivity contribution in [3.8, 4) is 0 Å². The van der Waals surface area contributed by atoms with Crippen molar-refractivity contribution in [2.45, 2.75) is 31.2 Å². The molecule has 0 bridgehead atoms. The Balaban J connectivity index is 1.55. The van der Waals surface area contributed by atoms with Gasteiger partial charge in [0.1, 0.15) is 5.67 Å². The second-order valence-electron chi connectivity index (χ2n) is 5.30. The Kier molecular flexibility index (Phi) is 3.90. The molecule has 1 aliphatic rings. The fourth-order valence-electron chi connectivity index (χ4n) is 2.57. The van der Waals surface area contributed by atoms with Gasteiger partial charge >= 0.3 is 0 Å². The molecule has 0 spiro atoms. The summed E-state index contributed by atoms with van der Waals surface area (Å²) in [6, 6.07) is 17.5. The second kappa shape index (κ2) is 5.66. The van der Waals surface area contributed by atoms with E-state index in [1.54, 1.807) is 0 Å². The van der Waals surface area contributed by atoms with Crippen LogP contribution in [-0.4, -0.2) is 6.10 Å². The molecule has 0 heterocycles. The molecule has 1 fully saturated rings. The van der Waals surface area contributed by atoms with Crippen LogP contribution in [0.3, 0.4) is 0 Å². The van der Waals surface area contributed by atoms with Crippen molar-refractivity contribution >= 4 is 15.9 Å². The lowest BCUT2D eigenvalue weighted by Gasteiger charge is -2.41.